The summed E-state index contributed by atoms with van der Waals surface area (Å²) < 4.78 is 0. The zero-order valence-electron chi connectivity index (χ0n) is 13.5. The molecule has 1 amide bonds. The van der Waals surface area contributed by atoms with Crippen molar-refractivity contribution in [2.75, 3.05) is 0 Å². The molecule has 0 aliphatic carbocycles. The van der Waals surface area contributed by atoms with E-state index in [9.17, 15) is 14.7 Å². The van der Waals surface area contributed by atoms with Gasteiger partial charge < -0.3 is 10.4 Å². The molecule has 0 saturated heterocycles. The second-order valence-electron chi connectivity index (χ2n) is 5.56. The quantitative estimate of drug-likeness (QED) is 0.743. The lowest BCUT2D eigenvalue weighted by Gasteiger charge is -2.12. The van der Waals surface area contributed by atoms with Gasteiger partial charge in [-0.15, -0.1) is 0 Å². The average Bonchev–Trinajstić information content (AvgIpc) is 2.67. The SMILES string of the molecule is O=C(O)c1ccccc1-c1ccccc1C(=O)NCc1ccccc1. The highest BCUT2D eigenvalue weighted by Gasteiger charge is 2.17. The Morgan fingerprint density at radius 2 is 1.24 bits per heavy atom. The van der Waals surface area contributed by atoms with Gasteiger partial charge in [-0.2, -0.15) is 0 Å². The molecule has 0 fully saturated rings. The number of amides is 1. The van der Waals surface area contributed by atoms with Crippen LogP contribution in [-0.4, -0.2) is 17.0 Å². The van der Waals surface area contributed by atoms with Crippen LogP contribution in [-0.2, 0) is 6.54 Å². The van der Waals surface area contributed by atoms with Crippen molar-refractivity contribution in [3.05, 3.63) is 95.6 Å². The second kappa shape index (κ2) is 7.45. The van der Waals surface area contributed by atoms with Gasteiger partial charge in [-0.05, 0) is 28.8 Å². The Labute approximate surface area is 145 Å². The lowest BCUT2D eigenvalue weighted by molar-refractivity contribution is 0.0697. The van der Waals surface area contributed by atoms with Crippen molar-refractivity contribution in [3.63, 3.8) is 0 Å². The van der Waals surface area contributed by atoms with Crippen LogP contribution in [0.1, 0.15) is 26.3 Å². The van der Waals surface area contributed by atoms with Gasteiger partial charge >= 0.3 is 5.97 Å². The van der Waals surface area contributed by atoms with E-state index in [0.717, 1.165) is 5.56 Å². The van der Waals surface area contributed by atoms with Crippen molar-refractivity contribution in [2.24, 2.45) is 0 Å². The molecule has 3 rings (SSSR count). The van der Waals surface area contributed by atoms with Crippen LogP contribution in [0, 0.1) is 0 Å². The number of aromatic carboxylic acids is 1. The first-order chi connectivity index (χ1) is 12.2. The van der Waals surface area contributed by atoms with Crippen molar-refractivity contribution in [3.8, 4) is 11.1 Å². The number of carbonyl (C=O) groups is 2. The van der Waals surface area contributed by atoms with E-state index in [-0.39, 0.29) is 11.5 Å². The highest BCUT2D eigenvalue weighted by atomic mass is 16.4. The predicted molar refractivity (Wildman–Crippen MR) is 96.4 cm³/mol. The third kappa shape index (κ3) is 3.75. The summed E-state index contributed by atoms with van der Waals surface area (Å²) >= 11 is 0. The number of hydrogen-bond donors (Lipinski definition) is 2. The number of benzene rings is 3. The summed E-state index contributed by atoms with van der Waals surface area (Å²) in [5.74, 6) is -1.25. The van der Waals surface area contributed by atoms with Crippen LogP contribution in [0.2, 0.25) is 0 Å². The van der Waals surface area contributed by atoms with Gasteiger partial charge in [-0.3, -0.25) is 4.79 Å². The summed E-state index contributed by atoms with van der Waals surface area (Å²) in [5.41, 5.74) is 2.75. The highest BCUT2D eigenvalue weighted by molar-refractivity contribution is 6.04. The minimum absolute atomic E-state index is 0.172. The summed E-state index contributed by atoms with van der Waals surface area (Å²) in [4.78, 5) is 24.1. The minimum Gasteiger partial charge on any atom is -0.478 e. The van der Waals surface area contributed by atoms with Gasteiger partial charge in [0.2, 0.25) is 0 Å². The monoisotopic (exact) mass is 331 g/mol. The molecule has 0 spiro atoms. The van der Waals surface area contributed by atoms with Crippen LogP contribution in [0.25, 0.3) is 11.1 Å². The Balaban J connectivity index is 1.91. The molecule has 0 saturated carbocycles. The fourth-order valence-corrected chi connectivity index (χ4v) is 2.69. The summed E-state index contributed by atoms with van der Waals surface area (Å²) in [6.45, 7) is 0.411. The molecule has 4 heteroatoms. The number of carbonyl (C=O) groups excluding carboxylic acids is 1. The van der Waals surface area contributed by atoms with Gasteiger partial charge in [0.15, 0.2) is 0 Å². The van der Waals surface area contributed by atoms with Gasteiger partial charge in [0.05, 0.1) is 5.56 Å². The topological polar surface area (TPSA) is 66.4 Å². The summed E-state index contributed by atoms with van der Waals surface area (Å²) in [7, 11) is 0. The maximum Gasteiger partial charge on any atom is 0.336 e. The molecule has 3 aromatic rings. The number of rotatable bonds is 5. The third-order valence-electron chi connectivity index (χ3n) is 3.92. The van der Waals surface area contributed by atoms with E-state index in [1.807, 2.05) is 30.3 Å². The van der Waals surface area contributed by atoms with Gasteiger partial charge in [-0.25, -0.2) is 4.79 Å². The van der Waals surface area contributed by atoms with E-state index in [4.69, 9.17) is 0 Å². The average molecular weight is 331 g/mol. The molecule has 0 atom stereocenters. The Kier molecular flexibility index (Phi) is 4.90. The fraction of sp³-hybridized carbons (Fsp3) is 0.0476. The molecule has 4 nitrogen and oxygen atoms in total. The van der Waals surface area contributed by atoms with Crippen LogP contribution >= 0.6 is 0 Å². The van der Waals surface area contributed by atoms with Crippen molar-refractivity contribution >= 4 is 11.9 Å². The Hall–Kier alpha value is -3.40. The molecule has 0 heterocycles. The van der Waals surface area contributed by atoms with Crippen molar-refractivity contribution < 1.29 is 14.7 Å². The summed E-state index contributed by atoms with van der Waals surface area (Å²) in [6.07, 6.45) is 0. The first kappa shape index (κ1) is 16.5. The van der Waals surface area contributed by atoms with Crippen LogP contribution in [0.5, 0.6) is 0 Å². The molecule has 25 heavy (non-hydrogen) atoms. The Morgan fingerprint density at radius 1 is 0.720 bits per heavy atom. The smallest absolute Gasteiger partial charge is 0.336 e. The van der Waals surface area contributed by atoms with Crippen LogP contribution in [0.4, 0.5) is 0 Å². The lowest BCUT2D eigenvalue weighted by atomic mass is 9.95. The number of carboxylic acid groups (broad SMARTS) is 1. The highest BCUT2D eigenvalue weighted by Crippen LogP contribution is 2.27. The summed E-state index contributed by atoms with van der Waals surface area (Å²) in [5, 5.41) is 12.3. The molecule has 0 aliphatic rings. The van der Waals surface area contributed by atoms with E-state index in [0.29, 0.717) is 23.2 Å². The number of carboxylic acids is 1. The zero-order chi connectivity index (χ0) is 17.6. The predicted octanol–water partition coefficient (Wildman–Crippen LogP) is 3.98. The molecule has 2 N–H and O–H groups in total. The van der Waals surface area contributed by atoms with Gasteiger partial charge in [-0.1, -0.05) is 66.7 Å². The Morgan fingerprint density at radius 3 is 1.88 bits per heavy atom. The number of nitrogens with one attached hydrogen (secondary N) is 1. The summed E-state index contributed by atoms with van der Waals surface area (Å²) in [6, 6.07) is 23.3. The fourth-order valence-electron chi connectivity index (χ4n) is 2.69. The van der Waals surface area contributed by atoms with E-state index >= 15 is 0 Å². The molecule has 3 aromatic carbocycles. The zero-order valence-corrected chi connectivity index (χ0v) is 13.5. The van der Waals surface area contributed by atoms with E-state index in [1.165, 1.54) is 6.07 Å². The first-order valence-corrected chi connectivity index (χ1v) is 7.90. The van der Waals surface area contributed by atoms with E-state index in [2.05, 4.69) is 5.32 Å². The van der Waals surface area contributed by atoms with E-state index < -0.39 is 5.97 Å². The second-order valence-corrected chi connectivity index (χ2v) is 5.56. The number of hydrogen-bond acceptors (Lipinski definition) is 2. The molecule has 124 valence electrons. The maximum atomic E-state index is 12.6. The van der Waals surface area contributed by atoms with Crippen molar-refractivity contribution in [2.45, 2.75) is 6.54 Å². The normalized spacial score (nSPS) is 10.2. The molecule has 0 aromatic heterocycles. The van der Waals surface area contributed by atoms with Gasteiger partial charge in [0, 0.05) is 12.1 Å². The minimum atomic E-state index is -1.02. The molecule has 0 radical (unpaired) electrons. The van der Waals surface area contributed by atoms with Gasteiger partial charge in [0.1, 0.15) is 0 Å². The van der Waals surface area contributed by atoms with Crippen molar-refractivity contribution in [1.29, 1.82) is 0 Å². The molecule has 0 aliphatic heterocycles. The molecule has 0 bridgehead atoms. The molecular formula is C21H17NO3. The Bertz CT molecular complexity index is 904. The van der Waals surface area contributed by atoms with E-state index in [1.54, 1.807) is 42.5 Å². The van der Waals surface area contributed by atoms with Crippen LogP contribution in [0.15, 0.2) is 78.9 Å². The largest absolute Gasteiger partial charge is 0.478 e. The van der Waals surface area contributed by atoms with Crippen LogP contribution < -0.4 is 5.32 Å². The first-order valence-electron chi connectivity index (χ1n) is 7.90. The lowest BCUT2D eigenvalue weighted by Crippen LogP contribution is -2.23. The standard InChI is InChI=1S/C21H17NO3/c23-20(22-14-15-8-2-1-3-9-15)18-12-6-4-10-16(18)17-11-5-7-13-19(17)21(24)25/h1-13H,14H2,(H,22,23)(H,24,25). The third-order valence-corrected chi connectivity index (χ3v) is 3.92. The maximum absolute atomic E-state index is 12.6. The van der Waals surface area contributed by atoms with Crippen LogP contribution in [0.3, 0.4) is 0 Å². The molecular weight excluding hydrogens is 314 g/mol. The molecule has 0 unspecified atom stereocenters. The van der Waals surface area contributed by atoms with Gasteiger partial charge in [0.25, 0.3) is 5.91 Å². The van der Waals surface area contributed by atoms with Crippen molar-refractivity contribution in [1.82, 2.24) is 5.32 Å².